The van der Waals surface area contributed by atoms with E-state index in [1.165, 1.54) is 19.2 Å². The molecule has 13 heteroatoms. The van der Waals surface area contributed by atoms with Gasteiger partial charge in [0.25, 0.3) is 10.1 Å². The van der Waals surface area contributed by atoms with Crippen molar-refractivity contribution < 1.29 is 57.1 Å². The van der Waals surface area contributed by atoms with Crippen molar-refractivity contribution in [1.29, 1.82) is 0 Å². The highest BCUT2D eigenvalue weighted by Crippen LogP contribution is 2.32. The van der Waals surface area contributed by atoms with Crippen LogP contribution in [-0.4, -0.2) is 110 Å². The molecule has 0 radical (unpaired) electrons. The summed E-state index contributed by atoms with van der Waals surface area (Å²) in [6.45, 7) is 2.25. The first-order chi connectivity index (χ1) is 16.0. The smallest absolute Gasteiger partial charge is 0.297 e. The molecule has 1 aromatic carbocycles. The first kappa shape index (κ1) is 27.4. The Hall–Kier alpha value is -1.23. The van der Waals surface area contributed by atoms with Crippen LogP contribution in [0.5, 0.6) is 0 Å². The molecular weight excluding hydrogens is 476 g/mol. The van der Waals surface area contributed by atoms with E-state index < -0.39 is 84.6 Å². The predicted molar refractivity (Wildman–Crippen MR) is 114 cm³/mol. The Morgan fingerprint density at radius 3 is 2.09 bits per heavy atom. The van der Waals surface area contributed by atoms with Crippen LogP contribution in [0.1, 0.15) is 12.5 Å². The number of hydrogen-bond donors (Lipinski definition) is 5. The van der Waals surface area contributed by atoms with Crippen molar-refractivity contribution in [3.63, 3.8) is 0 Å². The average molecular weight is 509 g/mol. The van der Waals surface area contributed by atoms with E-state index in [4.69, 9.17) is 23.1 Å². The van der Waals surface area contributed by atoms with Crippen LogP contribution in [0, 0.1) is 12.8 Å². The lowest BCUT2D eigenvalue weighted by molar-refractivity contribution is -0.352. The van der Waals surface area contributed by atoms with Crippen molar-refractivity contribution in [1.82, 2.24) is 0 Å². The summed E-state index contributed by atoms with van der Waals surface area (Å²) in [6.07, 6.45) is -12.4. The van der Waals surface area contributed by atoms with Gasteiger partial charge in [-0.05, 0) is 19.1 Å². The highest BCUT2D eigenvalue weighted by atomic mass is 32.2. The average Bonchev–Trinajstić information content (AvgIpc) is 2.81. The van der Waals surface area contributed by atoms with Crippen molar-refractivity contribution in [3.8, 4) is 0 Å². The maximum absolute atomic E-state index is 12.5. The molecule has 2 saturated heterocycles. The third-order valence-corrected chi connectivity index (χ3v) is 7.40. The van der Waals surface area contributed by atoms with Gasteiger partial charge in [0.05, 0.1) is 30.3 Å². The first-order valence-electron chi connectivity index (χ1n) is 10.8. The molecule has 0 amide bonds. The Bertz CT molecular complexity index is 892. The van der Waals surface area contributed by atoms with Crippen molar-refractivity contribution in [2.75, 3.05) is 20.3 Å². The summed E-state index contributed by atoms with van der Waals surface area (Å²) >= 11 is 0. The summed E-state index contributed by atoms with van der Waals surface area (Å²) in [5.74, 6) is -0.743. The Balaban J connectivity index is 1.71. The number of aliphatic hydroxyl groups excluding tert-OH is 5. The summed E-state index contributed by atoms with van der Waals surface area (Å²) in [5, 5.41) is 51.2. The van der Waals surface area contributed by atoms with Gasteiger partial charge in [-0.1, -0.05) is 24.6 Å². The van der Waals surface area contributed by atoms with E-state index in [1.54, 1.807) is 19.1 Å². The second kappa shape index (κ2) is 11.2. The van der Waals surface area contributed by atoms with Crippen molar-refractivity contribution in [2.24, 2.45) is 5.92 Å². The number of ether oxygens (including phenoxy) is 4. The molecule has 2 aliphatic rings. The van der Waals surface area contributed by atoms with E-state index in [2.05, 4.69) is 0 Å². The highest BCUT2D eigenvalue weighted by molar-refractivity contribution is 7.86. The zero-order valence-corrected chi connectivity index (χ0v) is 19.8. The van der Waals surface area contributed by atoms with Gasteiger partial charge in [0, 0.05) is 13.0 Å². The zero-order valence-electron chi connectivity index (χ0n) is 19.0. The Kier molecular flexibility index (Phi) is 9.03. The van der Waals surface area contributed by atoms with Gasteiger partial charge in [0.2, 0.25) is 0 Å². The fourth-order valence-corrected chi connectivity index (χ4v) is 4.79. The predicted octanol–water partition coefficient (Wildman–Crippen LogP) is -1.75. The molecule has 0 saturated carbocycles. The molecule has 0 aromatic heterocycles. The van der Waals surface area contributed by atoms with Crippen LogP contribution in [0.2, 0.25) is 0 Å². The van der Waals surface area contributed by atoms with E-state index in [-0.39, 0.29) is 4.90 Å². The third-order valence-electron chi connectivity index (χ3n) is 6.10. The van der Waals surface area contributed by atoms with Crippen LogP contribution in [-0.2, 0) is 33.2 Å². The summed E-state index contributed by atoms with van der Waals surface area (Å²) in [4.78, 5) is -0.0510. The molecule has 0 aliphatic carbocycles. The second-order valence-electron chi connectivity index (χ2n) is 8.48. The van der Waals surface area contributed by atoms with E-state index in [0.717, 1.165) is 5.56 Å². The van der Waals surface area contributed by atoms with Gasteiger partial charge in [-0.25, -0.2) is 0 Å². The van der Waals surface area contributed by atoms with E-state index in [9.17, 15) is 34.0 Å². The molecule has 2 heterocycles. The zero-order chi connectivity index (χ0) is 25.2. The van der Waals surface area contributed by atoms with Gasteiger partial charge in [-0.3, -0.25) is 4.18 Å². The van der Waals surface area contributed by atoms with Crippen LogP contribution >= 0.6 is 0 Å². The molecule has 4 unspecified atom stereocenters. The highest BCUT2D eigenvalue weighted by Gasteiger charge is 2.50. The van der Waals surface area contributed by atoms with Gasteiger partial charge in [-0.2, -0.15) is 8.42 Å². The summed E-state index contributed by atoms with van der Waals surface area (Å²) in [6, 6.07) is 6.05. The minimum Gasteiger partial charge on any atom is -0.394 e. The number of methoxy groups -OCH3 is 1. The fourth-order valence-electron chi connectivity index (χ4n) is 3.87. The lowest BCUT2D eigenvalue weighted by atomic mass is 9.91. The minimum atomic E-state index is -4.12. The summed E-state index contributed by atoms with van der Waals surface area (Å²) < 4.78 is 51.8. The van der Waals surface area contributed by atoms with Gasteiger partial charge in [-0.15, -0.1) is 0 Å². The molecule has 2 fully saturated rings. The van der Waals surface area contributed by atoms with Gasteiger partial charge >= 0.3 is 0 Å². The topological polar surface area (TPSA) is 181 Å². The lowest BCUT2D eigenvalue weighted by Crippen LogP contribution is -2.63. The molecule has 0 spiro atoms. The normalized spacial score (nSPS) is 39.2. The number of aryl methyl sites for hydroxylation is 1. The van der Waals surface area contributed by atoms with Gasteiger partial charge in [0.15, 0.2) is 12.6 Å². The van der Waals surface area contributed by atoms with E-state index >= 15 is 0 Å². The van der Waals surface area contributed by atoms with E-state index in [1.807, 2.05) is 6.92 Å². The summed E-state index contributed by atoms with van der Waals surface area (Å²) in [5.41, 5.74) is 0.872. The maximum Gasteiger partial charge on any atom is 0.297 e. The molecule has 10 atom stereocenters. The van der Waals surface area contributed by atoms with Crippen LogP contribution < -0.4 is 0 Å². The number of benzene rings is 1. The largest absolute Gasteiger partial charge is 0.394 e. The first-order valence-corrected chi connectivity index (χ1v) is 12.2. The van der Waals surface area contributed by atoms with Crippen molar-refractivity contribution in [2.45, 2.75) is 74.1 Å². The SMILES string of the molecule is CO[C@@H]1OC(CO)[C@H](O[C@@H]2OC(COS(=O)(=O)c3ccc(C)cc3)[C@H](C)[C@H](O)C2O)[C@H](O)C1O. The Labute approximate surface area is 197 Å². The molecule has 194 valence electrons. The monoisotopic (exact) mass is 508 g/mol. The van der Waals surface area contributed by atoms with Crippen molar-refractivity contribution >= 4 is 10.1 Å². The van der Waals surface area contributed by atoms with Gasteiger partial charge in [0.1, 0.15) is 30.5 Å². The Morgan fingerprint density at radius 2 is 1.50 bits per heavy atom. The molecule has 5 N–H and O–H groups in total. The lowest BCUT2D eigenvalue weighted by Gasteiger charge is -2.46. The van der Waals surface area contributed by atoms with Crippen LogP contribution in [0.4, 0.5) is 0 Å². The Morgan fingerprint density at radius 1 is 0.912 bits per heavy atom. The number of rotatable bonds is 8. The minimum absolute atomic E-state index is 0.0510. The van der Waals surface area contributed by atoms with Crippen molar-refractivity contribution in [3.05, 3.63) is 29.8 Å². The molecule has 2 aliphatic heterocycles. The molecule has 0 bridgehead atoms. The fraction of sp³-hybridized carbons (Fsp3) is 0.714. The molecule has 1 aromatic rings. The maximum atomic E-state index is 12.5. The number of hydrogen-bond acceptors (Lipinski definition) is 12. The third kappa shape index (κ3) is 5.77. The van der Waals surface area contributed by atoms with Crippen LogP contribution in [0.3, 0.4) is 0 Å². The van der Waals surface area contributed by atoms with Crippen LogP contribution in [0.25, 0.3) is 0 Å². The molecule has 3 rings (SSSR count). The van der Waals surface area contributed by atoms with Gasteiger partial charge < -0.3 is 44.5 Å². The standard InChI is InChI=1S/C21H32O12S/c1-10-4-6-12(7-5-10)34(27,28)30-9-14-11(2)15(23)17(25)21(32-14)33-19-13(8-22)31-20(29-3)18(26)16(19)24/h4-7,11,13-26H,8-9H2,1-3H3/t11-,13?,14?,15-,16+,17?,18?,19-,20+,21-/m0/s1. The van der Waals surface area contributed by atoms with E-state index in [0.29, 0.717) is 0 Å². The van der Waals surface area contributed by atoms with Crippen LogP contribution in [0.15, 0.2) is 29.2 Å². The molecule has 34 heavy (non-hydrogen) atoms. The molecule has 12 nitrogen and oxygen atoms in total. The summed E-state index contributed by atoms with van der Waals surface area (Å²) in [7, 11) is -2.87. The second-order valence-corrected chi connectivity index (χ2v) is 10.1. The molecular formula is C21H32O12S. The number of aliphatic hydroxyl groups is 5. The quantitative estimate of drug-likeness (QED) is 0.250.